The number of hydrogen-bond donors (Lipinski definition) is 0. The Kier molecular flexibility index (Phi) is 6.05. The molecular formula is C26H30N2O3. The van der Waals surface area contributed by atoms with Crippen LogP contribution in [0.1, 0.15) is 41.8 Å². The van der Waals surface area contributed by atoms with Gasteiger partial charge in [-0.3, -0.25) is 9.69 Å². The van der Waals surface area contributed by atoms with Crippen LogP contribution in [-0.4, -0.2) is 54.0 Å². The van der Waals surface area contributed by atoms with Gasteiger partial charge in [0.2, 0.25) is 0 Å². The summed E-state index contributed by atoms with van der Waals surface area (Å²) >= 11 is 0. The Morgan fingerprint density at radius 2 is 1.74 bits per heavy atom. The topological polar surface area (TPSA) is 45.9 Å². The van der Waals surface area contributed by atoms with Crippen molar-refractivity contribution in [3.8, 4) is 0 Å². The van der Waals surface area contributed by atoms with E-state index in [1.165, 1.54) is 18.4 Å². The highest BCUT2D eigenvalue weighted by atomic mass is 16.5. The summed E-state index contributed by atoms with van der Waals surface area (Å²) in [6.45, 7) is 4.17. The number of amides is 1. The number of hydrogen-bond acceptors (Lipinski definition) is 4. The Morgan fingerprint density at radius 3 is 2.55 bits per heavy atom. The molecule has 0 unspecified atom stereocenters. The van der Waals surface area contributed by atoms with Gasteiger partial charge < -0.3 is 14.1 Å². The third-order valence-electron chi connectivity index (χ3n) is 6.70. The molecule has 1 atom stereocenters. The third-order valence-corrected chi connectivity index (χ3v) is 6.70. The zero-order valence-electron chi connectivity index (χ0n) is 17.9. The summed E-state index contributed by atoms with van der Waals surface area (Å²) in [6.07, 6.45) is 4.46. The highest BCUT2D eigenvalue weighted by Crippen LogP contribution is 2.28. The molecule has 2 aromatic carbocycles. The zero-order chi connectivity index (χ0) is 21.0. The van der Waals surface area contributed by atoms with Crippen LogP contribution >= 0.6 is 0 Å². The molecule has 162 valence electrons. The second kappa shape index (κ2) is 9.25. The maximum atomic E-state index is 12.9. The fraction of sp³-hybridized carbons (Fsp3) is 0.423. The number of carbonyl (C=O) groups excluding carboxylic acids is 1. The molecule has 5 nitrogen and oxygen atoms in total. The Labute approximate surface area is 183 Å². The van der Waals surface area contributed by atoms with Crippen molar-refractivity contribution in [3.63, 3.8) is 0 Å². The fourth-order valence-electron chi connectivity index (χ4n) is 5.05. The van der Waals surface area contributed by atoms with E-state index < -0.39 is 0 Å². The molecular weight excluding hydrogens is 388 g/mol. The lowest BCUT2D eigenvalue weighted by molar-refractivity contribution is 0.0307. The van der Waals surface area contributed by atoms with Gasteiger partial charge in [-0.15, -0.1) is 0 Å². The molecule has 2 aliphatic rings. The molecule has 2 saturated heterocycles. The molecule has 1 aromatic heterocycles. The van der Waals surface area contributed by atoms with Gasteiger partial charge in [-0.2, -0.15) is 0 Å². The molecule has 5 rings (SSSR count). The SMILES string of the molecule is O=C(c1cc2ccccc2o1)N1CCC(N2CCC[C@H]2COCc2ccccc2)CC1. The molecule has 0 aliphatic carbocycles. The van der Waals surface area contributed by atoms with Crippen LogP contribution in [-0.2, 0) is 11.3 Å². The number of furan rings is 1. The largest absolute Gasteiger partial charge is 0.451 e. The minimum atomic E-state index is 0.0128. The fourth-order valence-corrected chi connectivity index (χ4v) is 5.05. The van der Waals surface area contributed by atoms with Crippen molar-refractivity contribution in [3.05, 3.63) is 72.0 Å². The number of piperidine rings is 1. The first kappa shape index (κ1) is 20.3. The summed E-state index contributed by atoms with van der Waals surface area (Å²) in [5.41, 5.74) is 2.00. The molecule has 0 bridgehead atoms. The smallest absolute Gasteiger partial charge is 0.289 e. The molecule has 0 N–H and O–H groups in total. The first-order valence-corrected chi connectivity index (χ1v) is 11.4. The van der Waals surface area contributed by atoms with Gasteiger partial charge in [-0.05, 0) is 49.9 Å². The van der Waals surface area contributed by atoms with Crippen molar-refractivity contribution < 1.29 is 13.9 Å². The van der Waals surface area contributed by atoms with Crippen molar-refractivity contribution in [2.24, 2.45) is 0 Å². The van der Waals surface area contributed by atoms with Crippen LogP contribution < -0.4 is 0 Å². The van der Waals surface area contributed by atoms with Gasteiger partial charge in [-0.1, -0.05) is 48.5 Å². The molecule has 0 radical (unpaired) electrons. The molecule has 3 heterocycles. The maximum Gasteiger partial charge on any atom is 0.289 e. The second-order valence-corrected chi connectivity index (χ2v) is 8.71. The van der Waals surface area contributed by atoms with E-state index in [0.717, 1.165) is 50.1 Å². The highest BCUT2D eigenvalue weighted by molar-refractivity contribution is 5.96. The van der Waals surface area contributed by atoms with E-state index in [0.29, 0.717) is 24.5 Å². The van der Waals surface area contributed by atoms with E-state index in [1.807, 2.05) is 41.3 Å². The average Bonchev–Trinajstić information content (AvgIpc) is 3.46. The summed E-state index contributed by atoms with van der Waals surface area (Å²) in [5.74, 6) is 0.465. The van der Waals surface area contributed by atoms with E-state index >= 15 is 0 Å². The van der Waals surface area contributed by atoms with Crippen molar-refractivity contribution in [2.45, 2.75) is 44.4 Å². The van der Waals surface area contributed by atoms with Gasteiger partial charge >= 0.3 is 0 Å². The van der Waals surface area contributed by atoms with Crippen LogP contribution in [0.25, 0.3) is 11.0 Å². The molecule has 2 fully saturated rings. The number of ether oxygens (including phenoxy) is 1. The van der Waals surface area contributed by atoms with Crippen LogP contribution in [0.2, 0.25) is 0 Å². The second-order valence-electron chi connectivity index (χ2n) is 8.71. The molecule has 2 aliphatic heterocycles. The first-order valence-electron chi connectivity index (χ1n) is 11.4. The number of benzene rings is 2. The average molecular weight is 419 g/mol. The summed E-state index contributed by atoms with van der Waals surface area (Å²) in [5, 5.41) is 0.983. The molecule has 31 heavy (non-hydrogen) atoms. The zero-order valence-corrected chi connectivity index (χ0v) is 17.9. The van der Waals surface area contributed by atoms with Crippen LogP contribution in [0.15, 0.2) is 65.1 Å². The van der Waals surface area contributed by atoms with Crippen molar-refractivity contribution >= 4 is 16.9 Å². The van der Waals surface area contributed by atoms with Crippen molar-refractivity contribution in [1.82, 2.24) is 9.80 Å². The van der Waals surface area contributed by atoms with E-state index in [2.05, 4.69) is 29.2 Å². The normalized spacial score (nSPS) is 20.5. The minimum Gasteiger partial charge on any atom is -0.451 e. The standard InChI is InChI=1S/C26H30N2O3/c29-26(25-17-21-9-4-5-11-24(21)31-25)27-15-12-22(13-16-27)28-14-6-10-23(28)19-30-18-20-7-2-1-3-8-20/h1-5,7-9,11,17,22-23H,6,10,12-16,18-19H2/t23-/m0/s1. The number of carbonyl (C=O) groups is 1. The monoisotopic (exact) mass is 418 g/mol. The maximum absolute atomic E-state index is 12.9. The lowest BCUT2D eigenvalue weighted by Crippen LogP contribution is -2.49. The van der Waals surface area contributed by atoms with Gasteiger partial charge in [0.1, 0.15) is 5.58 Å². The van der Waals surface area contributed by atoms with Crippen molar-refractivity contribution in [1.29, 1.82) is 0 Å². The summed E-state index contributed by atoms with van der Waals surface area (Å²) in [7, 11) is 0. The Bertz CT molecular complexity index is 975. The van der Waals surface area contributed by atoms with Gasteiger partial charge in [0.05, 0.1) is 13.2 Å². The van der Waals surface area contributed by atoms with E-state index in [4.69, 9.17) is 9.15 Å². The summed E-state index contributed by atoms with van der Waals surface area (Å²) in [6, 6.07) is 21.1. The van der Waals surface area contributed by atoms with Gasteiger partial charge in [-0.25, -0.2) is 0 Å². The van der Waals surface area contributed by atoms with Crippen LogP contribution in [0.5, 0.6) is 0 Å². The predicted octanol–water partition coefficient (Wildman–Crippen LogP) is 4.72. The Hall–Kier alpha value is -2.63. The van der Waals surface area contributed by atoms with E-state index in [9.17, 15) is 4.79 Å². The lowest BCUT2D eigenvalue weighted by Gasteiger charge is -2.39. The number of likely N-dealkylation sites (tertiary alicyclic amines) is 2. The van der Waals surface area contributed by atoms with Crippen LogP contribution in [0.3, 0.4) is 0 Å². The third kappa shape index (κ3) is 4.53. The summed E-state index contributed by atoms with van der Waals surface area (Å²) in [4.78, 5) is 17.5. The highest BCUT2D eigenvalue weighted by Gasteiger charge is 2.34. The van der Waals surface area contributed by atoms with Gasteiger partial charge in [0, 0.05) is 30.6 Å². The minimum absolute atomic E-state index is 0.0128. The van der Waals surface area contributed by atoms with Gasteiger partial charge in [0.15, 0.2) is 5.76 Å². The number of para-hydroxylation sites is 1. The van der Waals surface area contributed by atoms with Crippen LogP contribution in [0.4, 0.5) is 0 Å². The number of nitrogens with zero attached hydrogens (tertiary/aromatic N) is 2. The molecule has 5 heteroatoms. The molecule has 3 aromatic rings. The lowest BCUT2D eigenvalue weighted by atomic mass is 10.0. The van der Waals surface area contributed by atoms with E-state index in [1.54, 1.807) is 0 Å². The van der Waals surface area contributed by atoms with Crippen LogP contribution in [0, 0.1) is 0 Å². The number of rotatable bonds is 6. The quantitative estimate of drug-likeness (QED) is 0.581. The molecule has 1 amide bonds. The number of fused-ring (bicyclic) bond motifs is 1. The predicted molar refractivity (Wildman–Crippen MR) is 121 cm³/mol. The summed E-state index contributed by atoms with van der Waals surface area (Å²) < 4.78 is 11.8. The first-order chi connectivity index (χ1) is 15.3. The van der Waals surface area contributed by atoms with Crippen molar-refractivity contribution in [2.75, 3.05) is 26.2 Å². The Morgan fingerprint density at radius 1 is 0.968 bits per heavy atom. The van der Waals surface area contributed by atoms with E-state index in [-0.39, 0.29) is 5.91 Å². The Balaban J connectivity index is 1.13. The molecule has 0 saturated carbocycles. The van der Waals surface area contributed by atoms with Gasteiger partial charge in [0.25, 0.3) is 5.91 Å². The molecule has 0 spiro atoms.